The number of amides is 3. The first kappa shape index (κ1) is 23.6. The van der Waals surface area contributed by atoms with Gasteiger partial charge in [-0.15, -0.1) is 5.10 Å². The monoisotopic (exact) mass is 523 g/mol. The summed E-state index contributed by atoms with van der Waals surface area (Å²) in [6.07, 6.45) is 0. The van der Waals surface area contributed by atoms with Gasteiger partial charge in [0.15, 0.2) is 0 Å². The van der Waals surface area contributed by atoms with E-state index in [9.17, 15) is 14.4 Å². The van der Waals surface area contributed by atoms with Gasteiger partial charge >= 0.3 is 0 Å². The molecule has 1 saturated heterocycles. The maximum absolute atomic E-state index is 14.2. The zero-order chi connectivity index (χ0) is 26.8. The van der Waals surface area contributed by atoms with Gasteiger partial charge in [-0.1, -0.05) is 41.6 Å². The average Bonchev–Trinajstić information content (AvgIpc) is 3.67. The SMILES string of the molecule is CCn1nnc2c1C(C(=O)N1CCN3C(=O)c4ccccc4C3C1)CN(C(=O)c1cc3cccc(C)c3[nH]1)C2. The van der Waals surface area contributed by atoms with Crippen molar-refractivity contribution in [1.82, 2.24) is 34.7 Å². The molecule has 3 aliphatic rings. The molecule has 10 heteroatoms. The van der Waals surface area contributed by atoms with E-state index in [2.05, 4.69) is 15.3 Å². The standard InChI is InChI=1S/C29H29N7O3/c1-3-36-26-21(27(37)33-11-12-35-24(16-33)19-9-4-5-10-20(19)28(35)38)14-34(15-23(26)31-32-36)29(39)22-13-18-8-6-7-17(2)25(18)30-22/h4-10,13,21,24,30H,3,11-12,14-16H2,1-2H3. The molecule has 10 nitrogen and oxygen atoms in total. The van der Waals surface area contributed by atoms with Crippen molar-refractivity contribution in [1.29, 1.82) is 0 Å². The Kier molecular flexibility index (Phi) is 5.33. The molecule has 198 valence electrons. The van der Waals surface area contributed by atoms with E-state index >= 15 is 0 Å². The number of nitrogens with one attached hydrogen (secondary N) is 1. The Balaban J connectivity index is 1.19. The van der Waals surface area contributed by atoms with Gasteiger partial charge in [0.25, 0.3) is 11.8 Å². The Morgan fingerprint density at radius 3 is 2.72 bits per heavy atom. The van der Waals surface area contributed by atoms with Crippen molar-refractivity contribution in [3.8, 4) is 0 Å². The van der Waals surface area contributed by atoms with Crippen LogP contribution in [0.2, 0.25) is 0 Å². The highest BCUT2D eigenvalue weighted by atomic mass is 16.2. The number of piperazine rings is 1. The normalized spacial score (nSPS) is 20.3. The molecule has 3 aliphatic heterocycles. The molecule has 5 heterocycles. The number of aryl methyl sites for hydroxylation is 2. The van der Waals surface area contributed by atoms with Crippen molar-refractivity contribution >= 4 is 28.6 Å². The number of aromatic nitrogens is 4. The molecule has 1 fully saturated rings. The van der Waals surface area contributed by atoms with Gasteiger partial charge in [0.2, 0.25) is 5.91 Å². The molecule has 2 atom stereocenters. The van der Waals surface area contributed by atoms with E-state index in [0.717, 1.165) is 33.3 Å². The van der Waals surface area contributed by atoms with E-state index in [1.807, 2.05) is 72.2 Å². The largest absolute Gasteiger partial charge is 0.350 e. The lowest BCUT2D eigenvalue weighted by Crippen LogP contribution is -2.53. The second-order valence-electron chi connectivity index (χ2n) is 10.6. The van der Waals surface area contributed by atoms with Crippen LogP contribution in [0.15, 0.2) is 48.5 Å². The summed E-state index contributed by atoms with van der Waals surface area (Å²) < 4.78 is 1.77. The lowest BCUT2D eigenvalue weighted by atomic mass is 9.95. The van der Waals surface area contributed by atoms with E-state index in [1.54, 1.807) is 9.58 Å². The van der Waals surface area contributed by atoms with Crippen LogP contribution < -0.4 is 0 Å². The Labute approximate surface area is 225 Å². The number of fused-ring (bicyclic) bond motifs is 5. The molecular formula is C29H29N7O3. The van der Waals surface area contributed by atoms with Gasteiger partial charge in [-0.3, -0.25) is 14.4 Å². The predicted molar refractivity (Wildman–Crippen MR) is 143 cm³/mol. The number of carbonyl (C=O) groups is 3. The van der Waals surface area contributed by atoms with Crippen LogP contribution in [0.1, 0.15) is 62.2 Å². The highest BCUT2D eigenvalue weighted by Gasteiger charge is 2.44. The molecule has 3 amide bonds. The third-order valence-electron chi connectivity index (χ3n) is 8.40. The molecule has 2 unspecified atom stereocenters. The quantitative estimate of drug-likeness (QED) is 0.444. The van der Waals surface area contributed by atoms with Crippen LogP contribution in [-0.4, -0.2) is 78.6 Å². The highest BCUT2D eigenvalue weighted by Crippen LogP contribution is 2.38. The zero-order valence-electron chi connectivity index (χ0n) is 21.9. The van der Waals surface area contributed by atoms with Gasteiger partial charge in [-0.05, 0) is 37.1 Å². The average molecular weight is 524 g/mol. The fourth-order valence-electron chi connectivity index (χ4n) is 6.43. The maximum atomic E-state index is 14.2. The van der Waals surface area contributed by atoms with Crippen LogP contribution in [0, 0.1) is 6.92 Å². The smallest absolute Gasteiger partial charge is 0.270 e. The van der Waals surface area contributed by atoms with Crippen molar-refractivity contribution in [2.45, 2.75) is 38.9 Å². The summed E-state index contributed by atoms with van der Waals surface area (Å²) in [6.45, 7) is 6.46. The number of hydrogen-bond acceptors (Lipinski definition) is 5. The first-order valence-electron chi connectivity index (χ1n) is 13.4. The Morgan fingerprint density at radius 1 is 1.05 bits per heavy atom. The minimum atomic E-state index is -0.585. The number of hydrogen-bond donors (Lipinski definition) is 1. The molecule has 0 spiro atoms. The summed E-state index contributed by atoms with van der Waals surface area (Å²) in [6, 6.07) is 15.3. The van der Waals surface area contributed by atoms with Crippen molar-refractivity contribution in [2.75, 3.05) is 26.2 Å². The second-order valence-corrected chi connectivity index (χ2v) is 10.6. The topological polar surface area (TPSA) is 107 Å². The number of H-pyrrole nitrogens is 1. The Bertz CT molecular complexity index is 1650. The molecule has 0 saturated carbocycles. The van der Waals surface area contributed by atoms with Crippen LogP contribution >= 0.6 is 0 Å². The molecule has 39 heavy (non-hydrogen) atoms. The summed E-state index contributed by atoms with van der Waals surface area (Å²) in [5.41, 5.74) is 5.62. The van der Waals surface area contributed by atoms with Gasteiger partial charge in [-0.2, -0.15) is 0 Å². The van der Waals surface area contributed by atoms with Gasteiger partial charge in [0, 0.05) is 49.2 Å². The zero-order valence-corrected chi connectivity index (χ0v) is 21.9. The lowest BCUT2D eigenvalue weighted by molar-refractivity contribution is -0.136. The van der Waals surface area contributed by atoms with Crippen LogP contribution in [0.25, 0.3) is 10.9 Å². The summed E-state index contributed by atoms with van der Waals surface area (Å²) in [5.74, 6) is -0.783. The van der Waals surface area contributed by atoms with E-state index in [4.69, 9.17) is 0 Å². The molecule has 7 rings (SSSR count). The lowest BCUT2D eigenvalue weighted by Gasteiger charge is -2.40. The van der Waals surface area contributed by atoms with E-state index < -0.39 is 5.92 Å². The van der Waals surface area contributed by atoms with Crippen molar-refractivity contribution in [2.24, 2.45) is 0 Å². The molecule has 1 N–H and O–H groups in total. The van der Waals surface area contributed by atoms with Gasteiger partial charge in [0.1, 0.15) is 11.4 Å². The van der Waals surface area contributed by atoms with Crippen LogP contribution in [-0.2, 0) is 17.9 Å². The Hall–Kier alpha value is -4.47. The number of carbonyl (C=O) groups excluding carboxylic acids is 3. The van der Waals surface area contributed by atoms with Crippen molar-refractivity contribution in [3.05, 3.63) is 82.3 Å². The minimum absolute atomic E-state index is 0.0289. The predicted octanol–water partition coefficient (Wildman–Crippen LogP) is 2.87. The summed E-state index contributed by atoms with van der Waals surface area (Å²) in [7, 11) is 0. The van der Waals surface area contributed by atoms with Crippen LogP contribution in [0.5, 0.6) is 0 Å². The van der Waals surface area contributed by atoms with Crippen molar-refractivity contribution in [3.63, 3.8) is 0 Å². The van der Waals surface area contributed by atoms with E-state index in [-0.39, 0.29) is 30.3 Å². The van der Waals surface area contributed by atoms with Gasteiger partial charge in [0.05, 0.1) is 24.2 Å². The fourth-order valence-corrected chi connectivity index (χ4v) is 6.43. The third-order valence-corrected chi connectivity index (χ3v) is 8.40. The first-order valence-corrected chi connectivity index (χ1v) is 13.4. The number of nitrogens with zero attached hydrogens (tertiary/aromatic N) is 6. The first-order chi connectivity index (χ1) is 18.9. The third kappa shape index (κ3) is 3.58. The molecule has 4 aromatic rings. The maximum Gasteiger partial charge on any atom is 0.270 e. The molecule has 0 radical (unpaired) electrons. The van der Waals surface area contributed by atoms with Gasteiger partial charge in [-0.25, -0.2) is 4.68 Å². The van der Waals surface area contributed by atoms with Crippen LogP contribution in [0.4, 0.5) is 0 Å². The molecule has 2 aromatic carbocycles. The molecule has 0 aliphatic carbocycles. The summed E-state index contributed by atoms with van der Waals surface area (Å²) in [4.78, 5) is 49.5. The number of para-hydroxylation sites is 1. The van der Waals surface area contributed by atoms with Gasteiger partial charge < -0.3 is 19.7 Å². The molecule has 0 bridgehead atoms. The highest BCUT2D eigenvalue weighted by molar-refractivity contribution is 6.00. The second kappa shape index (κ2) is 8.79. The molecule has 2 aromatic heterocycles. The van der Waals surface area contributed by atoms with Crippen molar-refractivity contribution < 1.29 is 14.4 Å². The number of aromatic amines is 1. The number of rotatable bonds is 3. The fraction of sp³-hybridized carbons (Fsp3) is 0.345. The van der Waals surface area contributed by atoms with E-state index in [1.165, 1.54) is 0 Å². The van der Waals surface area contributed by atoms with E-state index in [0.29, 0.717) is 44.1 Å². The summed E-state index contributed by atoms with van der Waals surface area (Å²) >= 11 is 0. The number of benzene rings is 2. The summed E-state index contributed by atoms with van der Waals surface area (Å²) in [5, 5.41) is 9.64. The molecular weight excluding hydrogens is 494 g/mol. The van der Waals surface area contributed by atoms with Crippen LogP contribution in [0.3, 0.4) is 0 Å². The minimum Gasteiger partial charge on any atom is -0.350 e. The Morgan fingerprint density at radius 2 is 1.90 bits per heavy atom.